The molecule has 3 rings (SSSR count). The van der Waals surface area contributed by atoms with Gasteiger partial charge in [0.05, 0.1) is 0 Å². The van der Waals surface area contributed by atoms with Gasteiger partial charge in [-0.05, 0) is 78.8 Å². The van der Waals surface area contributed by atoms with Gasteiger partial charge in [-0.1, -0.05) is 30.3 Å². The van der Waals surface area contributed by atoms with Crippen LogP contribution >= 0.6 is 0 Å². The Morgan fingerprint density at radius 3 is 1.52 bits per heavy atom. The van der Waals surface area contributed by atoms with Crippen molar-refractivity contribution in [3.05, 3.63) is 81.4 Å². The minimum absolute atomic E-state index is 0.190. The Bertz CT molecular complexity index is 964. The number of hydrogen-bond donors (Lipinski definition) is 4. The Balaban J connectivity index is 2.33. The zero-order valence-electron chi connectivity index (χ0n) is 15.9. The van der Waals surface area contributed by atoms with E-state index in [-0.39, 0.29) is 28.9 Å². The van der Waals surface area contributed by atoms with E-state index in [0.29, 0.717) is 0 Å². The molecule has 0 saturated heterocycles. The molecule has 0 fully saturated rings. The molecule has 0 spiro atoms. The highest BCUT2D eigenvalue weighted by atomic mass is 16.3. The van der Waals surface area contributed by atoms with Gasteiger partial charge in [0.25, 0.3) is 0 Å². The molecule has 140 valence electrons. The molecule has 0 aliphatic heterocycles. The van der Waals surface area contributed by atoms with Crippen molar-refractivity contribution in [3.63, 3.8) is 0 Å². The van der Waals surface area contributed by atoms with Crippen LogP contribution in [0.15, 0.2) is 42.5 Å². The van der Waals surface area contributed by atoms with E-state index in [2.05, 4.69) is 0 Å². The summed E-state index contributed by atoms with van der Waals surface area (Å²) in [6.07, 6.45) is 0. The van der Waals surface area contributed by atoms with Gasteiger partial charge in [-0.3, -0.25) is 0 Å². The van der Waals surface area contributed by atoms with Crippen LogP contribution in [-0.4, -0.2) is 20.4 Å². The molecule has 3 aromatic carbocycles. The maximum atomic E-state index is 10.5. The number of aryl methyl sites for hydroxylation is 2. The van der Waals surface area contributed by atoms with E-state index in [4.69, 9.17) is 0 Å². The van der Waals surface area contributed by atoms with Crippen LogP contribution in [0.3, 0.4) is 0 Å². The van der Waals surface area contributed by atoms with E-state index < -0.39 is 0 Å². The lowest BCUT2D eigenvalue weighted by Crippen LogP contribution is -2.08. The highest BCUT2D eigenvalue weighted by Gasteiger charge is 2.24. The minimum atomic E-state index is -0.325. The average Bonchev–Trinajstić information content (AvgIpc) is 2.64. The summed E-state index contributed by atoms with van der Waals surface area (Å²) >= 11 is 0. The zero-order chi connectivity index (χ0) is 19.9. The first-order valence-electron chi connectivity index (χ1n) is 8.82. The fourth-order valence-corrected chi connectivity index (χ4v) is 3.57. The molecule has 4 heteroatoms. The highest BCUT2D eigenvalue weighted by molar-refractivity contribution is 5.58. The van der Waals surface area contributed by atoms with Crippen LogP contribution < -0.4 is 0 Å². The first-order valence-corrected chi connectivity index (χ1v) is 8.82. The summed E-state index contributed by atoms with van der Waals surface area (Å²) < 4.78 is 0. The van der Waals surface area contributed by atoms with Crippen molar-refractivity contribution >= 4 is 0 Å². The van der Waals surface area contributed by atoms with E-state index in [1.807, 2.05) is 52.0 Å². The van der Waals surface area contributed by atoms with Gasteiger partial charge in [0.2, 0.25) is 0 Å². The zero-order valence-corrected chi connectivity index (χ0v) is 15.9. The second kappa shape index (κ2) is 6.88. The Kier molecular flexibility index (Phi) is 4.75. The molecule has 0 bridgehead atoms. The number of benzene rings is 3. The number of aromatic hydroxyl groups is 4. The van der Waals surface area contributed by atoms with Gasteiger partial charge in [0.15, 0.2) is 11.5 Å². The molecule has 4 N–H and O–H groups in total. The summed E-state index contributed by atoms with van der Waals surface area (Å²) in [5.74, 6) is -0.261. The van der Waals surface area contributed by atoms with Gasteiger partial charge in [0.1, 0.15) is 11.5 Å². The maximum Gasteiger partial charge on any atom is 0.157 e. The Morgan fingerprint density at radius 2 is 1.07 bits per heavy atom. The monoisotopic (exact) mass is 364 g/mol. The molecule has 0 unspecified atom stereocenters. The van der Waals surface area contributed by atoms with E-state index in [9.17, 15) is 20.4 Å². The predicted molar refractivity (Wildman–Crippen MR) is 106 cm³/mol. The molecule has 0 atom stereocenters. The molecular weight excluding hydrogens is 340 g/mol. The number of hydrogen-bond acceptors (Lipinski definition) is 4. The van der Waals surface area contributed by atoms with Crippen molar-refractivity contribution in [2.45, 2.75) is 33.6 Å². The van der Waals surface area contributed by atoms with Gasteiger partial charge in [-0.25, -0.2) is 0 Å². The van der Waals surface area contributed by atoms with Gasteiger partial charge < -0.3 is 20.4 Å². The molecule has 0 amide bonds. The van der Waals surface area contributed by atoms with Crippen LogP contribution in [0.5, 0.6) is 23.0 Å². The van der Waals surface area contributed by atoms with Crippen molar-refractivity contribution < 1.29 is 20.4 Å². The third kappa shape index (κ3) is 3.19. The largest absolute Gasteiger partial charge is 0.507 e. The lowest BCUT2D eigenvalue weighted by molar-refractivity contribution is 0.403. The van der Waals surface area contributed by atoms with Crippen LogP contribution in [-0.2, 0) is 0 Å². The van der Waals surface area contributed by atoms with Gasteiger partial charge in [0, 0.05) is 5.92 Å². The standard InChI is InChI=1S/C23H24O4/c1-12-5-8-17(14(3)22(12)26)21(16-7-10-19(24)20(25)11-16)18-9-6-13(2)23(27)15(18)4/h5-11,21,24-27H,1-4H3. The average molecular weight is 364 g/mol. The minimum Gasteiger partial charge on any atom is -0.507 e. The highest BCUT2D eigenvalue weighted by Crippen LogP contribution is 2.42. The van der Waals surface area contributed by atoms with Gasteiger partial charge in [-0.2, -0.15) is 0 Å². The Morgan fingerprint density at radius 1 is 0.593 bits per heavy atom. The van der Waals surface area contributed by atoms with Gasteiger partial charge >= 0.3 is 0 Å². The van der Waals surface area contributed by atoms with E-state index >= 15 is 0 Å². The van der Waals surface area contributed by atoms with Gasteiger partial charge in [-0.15, -0.1) is 0 Å². The second-order valence-electron chi connectivity index (χ2n) is 7.07. The third-order valence-corrected chi connectivity index (χ3v) is 5.30. The fourth-order valence-electron chi connectivity index (χ4n) is 3.57. The Labute approximate surface area is 159 Å². The van der Waals surface area contributed by atoms with Crippen LogP contribution in [0.1, 0.15) is 44.9 Å². The van der Waals surface area contributed by atoms with Crippen molar-refractivity contribution in [2.75, 3.05) is 0 Å². The van der Waals surface area contributed by atoms with Crippen molar-refractivity contribution in [2.24, 2.45) is 0 Å². The smallest absolute Gasteiger partial charge is 0.157 e. The quantitative estimate of drug-likeness (QED) is 0.393. The molecule has 27 heavy (non-hydrogen) atoms. The predicted octanol–water partition coefficient (Wildman–Crippen LogP) is 4.92. The SMILES string of the molecule is Cc1ccc(C(c2ccc(O)c(O)c2)c2ccc(C)c(O)c2C)c(C)c1O. The first-order chi connectivity index (χ1) is 12.7. The summed E-state index contributed by atoms with van der Waals surface area (Å²) in [5.41, 5.74) is 5.55. The molecule has 0 aliphatic rings. The third-order valence-electron chi connectivity index (χ3n) is 5.30. The van der Waals surface area contributed by atoms with E-state index in [1.54, 1.807) is 6.07 Å². The molecule has 3 aromatic rings. The summed E-state index contributed by atoms with van der Waals surface area (Å²) in [6, 6.07) is 12.3. The maximum absolute atomic E-state index is 10.5. The molecule has 0 aliphatic carbocycles. The van der Waals surface area contributed by atoms with Crippen LogP contribution in [0.4, 0.5) is 0 Å². The molecule has 0 saturated carbocycles. The lowest BCUT2D eigenvalue weighted by Gasteiger charge is -2.24. The van der Waals surface area contributed by atoms with Crippen LogP contribution in [0.2, 0.25) is 0 Å². The molecule has 0 aromatic heterocycles. The van der Waals surface area contributed by atoms with Crippen LogP contribution in [0.25, 0.3) is 0 Å². The summed E-state index contributed by atoms with van der Waals surface area (Å²) in [6.45, 7) is 7.40. The Hall–Kier alpha value is -3.14. The van der Waals surface area contributed by atoms with Crippen molar-refractivity contribution in [3.8, 4) is 23.0 Å². The lowest BCUT2D eigenvalue weighted by atomic mass is 9.80. The second-order valence-corrected chi connectivity index (χ2v) is 7.07. The van der Waals surface area contributed by atoms with Crippen LogP contribution in [0, 0.1) is 27.7 Å². The summed E-state index contributed by atoms with van der Waals surface area (Å²) in [4.78, 5) is 0. The molecule has 0 heterocycles. The topological polar surface area (TPSA) is 80.9 Å². The number of rotatable bonds is 3. The molecule has 0 radical (unpaired) electrons. The molecular formula is C23H24O4. The summed E-state index contributed by atoms with van der Waals surface area (Å²) in [5, 5.41) is 40.7. The fraction of sp³-hybridized carbons (Fsp3) is 0.217. The number of phenolic OH excluding ortho intramolecular Hbond substituents is 4. The summed E-state index contributed by atoms with van der Waals surface area (Å²) in [7, 11) is 0. The normalized spacial score (nSPS) is 11.1. The van der Waals surface area contributed by atoms with Crippen molar-refractivity contribution in [1.29, 1.82) is 0 Å². The molecule has 4 nitrogen and oxygen atoms in total. The van der Waals surface area contributed by atoms with E-state index in [1.165, 1.54) is 12.1 Å². The number of phenols is 4. The van der Waals surface area contributed by atoms with E-state index in [0.717, 1.165) is 38.9 Å². The first kappa shape index (κ1) is 18.6. The van der Waals surface area contributed by atoms with Crippen molar-refractivity contribution in [1.82, 2.24) is 0 Å².